The highest BCUT2D eigenvalue weighted by atomic mass is 35.5. The zero-order chi connectivity index (χ0) is 14.9. The molecule has 2 N–H and O–H groups in total. The van der Waals surface area contributed by atoms with Crippen LogP contribution in [0, 0.1) is 16.0 Å². The Morgan fingerprint density at radius 3 is 2.57 bits per heavy atom. The first-order chi connectivity index (χ1) is 9.34. The van der Waals surface area contributed by atoms with Crippen molar-refractivity contribution in [1.29, 1.82) is 0 Å². The predicted octanol–water partition coefficient (Wildman–Crippen LogP) is 1.37. The average Bonchev–Trinajstić information content (AvgIpc) is 2.89. The van der Waals surface area contributed by atoms with Gasteiger partial charge in [-0.25, -0.2) is 8.42 Å². The molecule has 2 rings (SSSR count). The van der Waals surface area contributed by atoms with Crippen molar-refractivity contribution in [3.8, 4) is 0 Å². The Labute approximate surface area is 129 Å². The van der Waals surface area contributed by atoms with Gasteiger partial charge in [0.05, 0.1) is 4.92 Å². The lowest BCUT2D eigenvalue weighted by molar-refractivity contribution is -0.387. The lowest BCUT2D eigenvalue weighted by atomic mass is 10.0. The monoisotopic (exact) mass is 335 g/mol. The van der Waals surface area contributed by atoms with Crippen molar-refractivity contribution >= 4 is 28.1 Å². The molecule has 0 aromatic heterocycles. The maximum atomic E-state index is 12.5. The molecule has 2 atom stereocenters. The fourth-order valence-corrected chi connectivity index (χ4v) is 4.04. The van der Waals surface area contributed by atoms with Gasteiger partial charge in [0.25, 0.3) is 5.69 Å². The van der Waals surface area contributed by atoms with Crippen LogP contribution < -0.4 is 5.73 Å². The van der Waals surface area contributed by atoms with Crippen LogP contribution in [-0.2, 0) is 10.0 Å². The Kier molecular flexibility index (Phi) is 5.68. The van der Waals surface area contributed by atoms with Gasteiger partial charge in [0.15, 0.2) is 4.90 Å². The van der Waals surface area contributed by atoms with Crippen LogP contribution in [0.5, 0.6) is 0 Å². The number of benzene rings is 1. The third-order valence-electron chi connectivity index (χ3n) is 3.61. The summed E-state index contributed by atoms with van der Waals surface area (Å²) < 4.78 is 26.3. The molecule has 0 radical (unpaired) electrons. The zero-order valence-electron chi connectivity index (χ0n) is 11.5. The quantitative estimate of drug-likeness (QED) is 0.660. The van der Waals surface area contributed by atoms with E-state index in [1.165, 1.54) is 28.6 Å². The second-order valence-electron chi connectivity index (χ2n) is 5.00. The largest absolute Gasteiger partial charge is 0.328 e. The second-order valence-corrected chi connectivity index (χ2v) is 6.90. The minimum absolute atomic E-state index is 0. The first-order valence-electron chi connectivity index (χ1n) is 6.33. The highest BCUT2D eigenvalue weighted by Gasteiger charge is 2.37. The molecule has 7 nitrogen and oxygen atoms in total. The molecule has 0 saturated carbocycles. The fourth-order valence-electron chi connectivity index (χ4n) is 2.37. The summed E-state index contributed by atoms with van der Waals surface area (Å²) in [5, 5.41) is 11.0. The van der Waals surface area contributed by atoms with Crippen molar-refractivity contribution in [2.45, 2.75) is 24.3 Å². The molecule has 1 aromatic carbocycles. The molecule has 0 aliphatic carbocycles. The van der Waals surface area contributed by atoms with E-state index in [-0.39, 0.29) is 29.3 Å². The van der Waals surface area contributed by atoms with Gasteiger partial charge in [-0.15, -0.1) is 12.4 Å². The van der Waals surface area contributed by atoms with E-state index in [9.17, 15) is 18.5 Å². The van der Waals surface area contributed by atoms with Gasteiger partial charge in [-0.2, -0.15) is 4.31 Å². The Hall–Kier alpha value is -1.22. The molecule has 1 aliphatic heterocycles. The molecule has 9 heteroatoms. The third kappa shape index (κ3) is 3.52. The minimum Gasteiger partial charge on any atom is -0.328 e. The molecule has 0 spiro atoms. The summed E-state index contributed by atoms with van der Waals surface area (Å²) in [6.07, 6.45) is 0.678. The van der Waals surface area contributed by atoms with Crippen LogP contribution in [0.3, 0.4) is 0 Å². The standard InChI is InChI=1S/C12H17N3O4S.ClH/c1-9(13)10-6-7-14(8-10)20(18,19)12-5-3-2-4-11(12)15(16)17;/h2-5,9-10H,6-8,13H2,1H3;1H. The molecule has 1 aromatic rings. The highest BCUT2D eigenvalue weighted by molar-refractivity contribution is 7.89. The predicted molar refractivity (Wildman–Crippen MR) is 80.9 cm³/mol. The Morgan fingerprint density at radius 2 is 2.05 bits per heavy atom. The molecule has 0 amide bonds. The van der Waals surface area contributed by atoms with Crippen molar-refractivity contribution in [2.24, 2.45) is 11.7 Å². The minimum atomic E-state index is -3.84. The summed E-state index contributed by atoms with van der Waals surface area (Å²) in [4.78, 5) is 10.0. The molecule has 1 saturated heterocycles. The van der Waals surface area contributed by atoms with Crippen LogP contribution in [0.1, 0.15) is 13.3 Å². The second kappa shape index (κ2) is 6.69. The van der Waals surface area contributed by atoms with Crippen molar-refractivity contribution in [3.63, 3.8) is 0 Å². The number of nitrogens with two attached hydrogens (primary N) is 1. The number of nitro benzene ring substituents is 1. The zero-order valence-corrected chi connectivity index (χ0v) is 13.1. The topological polar surface area (TPSA) is 107 Å². The van der Waals surface area contributed by atoms with E-state index in [1.54, 1.807) is 0 Å². The van der Waals surface area contributed by atoms with Crippen LogP contribution in [0.2, 0.25) is 0 Å². The molecule has 1 heterocycles. The highest BCUT2D eigenvalue weighted by Crippen LogP contribution is 2.30. The van der Waals surface area contributed by atoms with E-state index in [0.717, 1.165) is 0 Å². The fraction of sp³-hybridized carbons (Fsp3) is 0.500. The third-order valence-corrected chi connectivity index (χ3v) is 5.52. The molecule has 1 fully saturated rings. The number of nitrogens with zero attached hydrogens (tertiary/aromatic N) is 2. The van der Waals surface area contributed by atoms with E-state index < -0.39 is 20.6 Å². The number of sulfonamides is 1. The van der Waals surface area contributed by atoms with Crippen LogP contribution in [0.15, 0.2) is 29.2 Å². The SMILES string of the molecule is CC(N)C1CCN(S(=O)(=O)c2ccccc2[N+](=O)[O-])C1.Cl. The maximum absolute atomic E-state index is 12.5. The first-order valence-corrected chi connectivity index (χ1v) is 7.77. The van der Waals surface area contributed by atoms with E-state index >= 15 is 0 Å². The molecule has 118 valence electrons. The summed E-state index contributed by atoms with van der Waals surface area (Å²) in [7, 11) is -3.84. The summed E-state index contributed by atoms with van der Waals surface area (Å²) in [6, 6.07) is 5.31. The van der Waals surface area contributed by atoms with Crippen molar-refractivity contribution in [1.82, 2.24) is 4.31 Å². The lowest BCUT2D eigenvalue weighted by Gasteiger charge is -2.18. The van der Waals surface area contributed by atoms with Gasteiger partial charge in [-0.3, -0.25) is 10.1 Å². The molecule has 2 unspecified atom stereocenters. The normalized spacial score (nSPS) is 20.8. The number of hydrogen-bond donors (Lipinski definition) is 1. The maximum Gasteiger partial charge on any atom is 0.289 e. The molecular weight excluding hydrogens is 318 g/mol. The number of hydrogen-bond acceptors (Lipinski definition) is 5. The summed E-state index contributed by atoms with van der Waals surface area (Å²) in [5.74, 6) is 0.0903. The smallest absolute Gasteiger partial charge is 0.289 e. The summed E-state index contributed by atoms with van der Waals surface area (Å²) >= 11 is 0. The van der Waals surface area contributed by atoms with E-state index in [4.69, 9.17) is 5.73 Å². The van der Waals surface area contributed by atoms with Gasteiger partial charge >= 0.3 is 0 Å². The first kappa shape index (κ1) is 17.8. The van der Waals surface area contributed by atoms with Gasteiger partial charge in [0.1, 0.15) is 0 Å². The van der Waals surface area contributed by atoms with Crippen molar-refractivity contribution < 1.29 is 13.3 Å². The number of para-hydroxylation sites is 1. The van der Waals surface area contributed by atoms with Gasteiger partial charge in [-0.1, -0.05) is 12.1 Å². The van der Waals surface area contributed by atoms with Crippen molar-refractivity contribution in [2.75, 3.05) is 13.1 Å². The van der Waals surface area contributed by atoms with E-state index in [0.29, 0.717) is 19.5 Å². The Balaban J connectivity index is 0.00000220. The van der Waals surface area contributed by atoms with E-state index in [1.807, 2.05) is 6.92 Å². The van der Waals surface area contributed by atoms with Gasteiger partial charge in [-0.05, 0) is 25.3 Å². The van der Waals surface area contributed by atoms with Crippen LogP contribution in [-0.4, -0.2) is 36.8 Å². The molecule has 0 bridgehead atoms. The Morgan fingerprint density at radius 1 is 1.43 bits per heavy atom. The molecule has 21 heavy (non-hydrogen) atoms. The summed E-state index contributed by atoms with van der Waals surface area (Å²) in [6.45, 7) is 2.50. The summed E-state index contributed by atoms with van der Waals surface area (Å²) in [5.41, 5.74) is 5.40. The number of halogens is 1. The Bertz CT molecular complexity index is 621. The van der Waals surface area contributed by atoms with Gasteiger partial charge in [0.2, 0.25) is 10.0 Å². The van der Waals surface area contributed by atoms with Crippen LogP contribution >= 0.6 is 12.4 Å². The number of rotatable bonds is 4. The van der Waals surface area contributed by atoms with E-state index in [2.05, 4.69) is 0 Å². The lowest BCUT2D eigenvalue weighted by Crippen LogP contribution is -2.33. The van der Waals surface area contributed by atoms with Gasteiger partial charge in [0, 0.05) is 25.2 Å². The van der Waals surface area contributed by atoms with Crippen LogP contribution in [0.25, 0.3) is 0 Å². The van der Waals surface area contributed by atoms with Crippen LogP contribution in [0.4, 0.5) is 5.69 Å². The average molecular weight is 336 g/mol. The van der Waals surface area contributed by atoms with Crippen molar-refractivity contribution in [3.05, 3.63) is 34.4 Å². The molecular formula is C12H18ClN3O4S. The van der Waals surface area contributed by atoms with Gasteiger partial charge < -0.3 is 5.73 Å². The number of nitro groups is 1. The molecule has 1 aliphatic rings.